The van der Waals surface area contributed by atoms with Crippen molar-refractivity contribution in [3.05, 3.63) is 18.5 Å². The molecule has 0 N–H and O–H groups in total. The molecule has 3 aliphatic heterocycles. The van der Waals surface area contributed by atoms with E-state index >= 15 is 0 Å². The van der Waals surface area contributed by atoms with Crippen molar-refractivity contribution in [3.63, 3.8) is 0 Å². The van der Waals surface area contributed by atoms with Gasteiger partial charge < -0.3 is 9.80 Å². The van der Waals surface area contributed by atoms with E-state index in [4.69, 9.17) is 0 Å². The Balaban J connectivity index is 1.42. The molecule has 4 rings (SSSR count). The molecule has 28 heavy (non-hydrogen) atoms. The molecule has 0 saturated carbocycles. The van der Waals surface area contributed by atoms with Crippen LogP contribution >= 0.6 is 0 Å². The molecular formula is C17H22N6O4S. The monoisotopic (exact) mass is 406 g/mol. The van der Waals surface area contributed by atoms with Crippen molar-refractivity contribution in [3.8, 4) is 0 Å². The Morgan fingerprint density at radius 2 is 1.79 bits per heavy atom. The van der Waals surface area contributed by atoms with Crippen molar-refractivity contribution in [2.75, 3.05) is 42.6 Å². The molecule has 1 aromatic rings. The third kappa shape index (κ3) is 3.84. The van der Waals surface area contributed by atoms with Crippen LogP contribution in [0.25, 0.3) is 0 Å². The van der Waals surface area contributed by atoms with E-state index in [1.807, 2.05) is 4.90 Å². The van der Waals surface area contributed by atoms with Gasteiger partial charge >= 0.3 is 0 Å². The number of hydrazone groups is 1. The molecule has 0 spiro atoms. The maximum Gasteiger partial charge on any atom is 0.270 e. The first-order valence-electron chi connectivity index (χ1n) is 9.34. The van der Waals surface area contributed by atoms with Gasteiger partial charge in [-0.2, -0.15) is 5.10 Å². The molecule has 0 aliphatic carbocycles. The molecule has 2 saturated heterocycles. The van der Waals surface area contributed by atoms with Crippen molar-refractivity contribution in [1.29, 1.82) is 0 Å². The lowest BCUT2D eigenvalue weighted by Gasteiger charge is -2.35. The molecule has 1 unspecified atom stereocenters. The normalized spacial score (nSPS) is 25.0. The Kier molecular flexibility index (Phi) is 5.00. The zero-order valence-corrected chi connectivity index (χ0v) is 16.2. The number of nitrogens with zero attached hydrogens (tertiary/aromatic N) is 6. The van der Waals surface area contributed by atoms with Crippen molar-refractivity contribution in [2.45, 2.75) is 25.3 Å². The average molecular weight is 406 g/mol. The number of piperazine rings is 1. The van der Waals surface area contributed by atoms with Gasteiger partial charge in [0.1, 0.15) is 5.71 Å². The zero-order chi connectivity index (χ0) is 19.7. The Morgan fingerprint density at radius 1 is 1.07 bits per heavy atom. The number of rotatable bonds is 3. The highest BCUT2D eigenvalue weighted by molar-refractivity contribution is 7.91. The molecule has 2 fully saturated rings. The lowest BCUT2D eigenvalue weighted by molar-refractivity contribution is -0.134. The van der Waals surface area contributed by atoms with Crippen molar-refractivity contribution in [1.82, 2.24) is 19.9 Å². The van der Waals surface area contributed by atoms with Gasteiger partial charge in [0.05, 0.1) is 17.5 Å². The molecule has 11 heteroatoms. The second-order valence-electron chi connectivity index (χ2n) is 7.17. The Hall–Kier alpha value is -2.56. The second-order valence-corrected chi connectivity index (χ2v) is 9.40. The lowest BCUT2D eigenvalue weighted by atomic mass is 10.1. The van der Waals surface area contributed by atoms with Crippen LogP contribution in [0.4, 0.5) is 5.95 Å². The summed E-state index contributed by atoms with van der Waals surface area (Å²) in [5.41, 5.74) is 0.327. The molecule has 0 bridgehead atoms. The Morgan fingerprint density at radius 3 is 2.43 bits per heavy atom. The minimum absolute atomic E-state index is 0.0593. The van der Waals surface area contributed by atoms with Crippen LogP contribution in [-0.4, -0.2) is 89.5 Å². The Labute approximate surface area is 163 Å². The Bertz CT molecular complexity index is 895. The van der Waals surface area contributed by atoms with Gasteiger partial charge in [-0.25, -0.2) is 23.4 Å². The molecule has 10 nitrogen and oxygen atoms in total. The summed E-state index contributed by atoms with van der Waals surface area (Å²) in [6.07, 6.45) is 4.21. The minimum Gasteiger partial charge on any atom is -0.337 e. The summed E-state index contributed by atoms with van der Waals surface area (Å²) >= 11 is 0. The highest BCUT2D eigenvalue weighted by Crippen LogP contribution is 2.23. The van der Waals surface area contributed by atoms with Gasteiger partial charge in [0, 0.05) is 51.4 Å². The smallest absolute Gasteiger partial charge is 0.270 e. The third-order valence-corrected chi connectivity index (χ3v) is 7.01. The van der Waals surface area contributed by atoms with E-state index in [-0.39, 0.29) is 36.2 Å². The van der Waals surface area contributed by atoms with Crippen LogP contribution in [0, 0.1) is 0 Å². The summed E-state index contributed by atoms with van der Waals surface area (Å²) in [7, 11) is -3.13. The first-order chi connectivity index (χ1) is 13.4. The molecule has 3 aliphatic rings. The van der Waals surface area contributed by atoms with Crippen LogP contribution in [0.2, 0.25) is 0 Å². The standard InChI is InChI=1S/C17H22N6O4S/c24-15-3-2-14(20-23(15)13-4-11-28(26,27)12-13)16(25)21-7-9-22(10-8-21)17-18-5-1-6-19-17/h1,5-6,13H,2-4,7-12H2. The molecule has 0 radical (unpaired) electrons. The summed E-state index contributed by atoms with van der Waals surface area (Å²) in [6.45, 7) is 2.27. The first-order valence-corrected chi connectivity index (χ1v) is 11.2. The summed E-state index contributed by atoms with van der Waals surface area (Å²) in [5, 5.41) is 5.50. The molecule has 150 valence electrons. The number of carbonyl (C=O) groups excluding carboxylic acids is 2. The number of anilines is 1. The van der Waals surface area contributed by atoms with Gasteiger partial charge in [0.2, 0.25) is 11.9 Å². The number of amides is 2. The van der Waals surface area contributed by atoms with E-state index in [0.717, 1.165) is 0 Å². The largest absolute Gasteiger partial charge is 0.337 e. The molecular weight excluding hydrogens is 384 g/mol. The van der Waals surface area contributed by atoms with Crippen molar-refractivity contribution < 1.29 is 18.0 Å². The molecule has 1 atom stereocenters. The number of sulfone groups is 1. The van der Waals surface area contributed by atoms with E-state index in [1.165, 1.54) is 5.01 Å². The minimum atomic E-state index is -3.13. The highest BCUT2D eigenvalue weighted by atomic mass is 32.2. The predicted octanol–water partition coefficient (Wildman–Crippen LogP) is -0.709. The van der Waals surface area contributed by atoms with Crippen LogP contribution in [0.5, 0.6) is 0 Å². The molecule has 4 heterocycles. The maximum atomic E-state index is 12.9. The molecule has 1 aromatic heterocycles. The summed E-state index contributed by atoms with van der Waals surface area (Å²) < 4.78 is 23.4. The number of hydrogen-bond acceptors (Lipinski definition) is 8. The summed E-state index contributed by atoms with van der Waals surface area (Å²) in [5.74, 6) is 0.212. The van der Waals surface area contributed by atoms with Gasteiger partial charge in [0.15, 0.2) is 9.84 Å². The van der Waals surface area contributed by atoms with Gasteiger partial charge in [-0.15, -0.1) is 0 Å². The van der Waals surface area contributed by atoms with Crippen LogP contribution in [0.15, 0.2) is 23.6 Å². The average Bonchev–Trinajstić information content (AvgIpc) is 3.08. The molecule has 0 aromatic carbocycles. The van der Waals surface area contributed by atoms with Crippen molar-refractivity contribution in [2.24, 2.45) is 5.10 Å². The number of carbonyl (C=O) groups is 2. The zero-order valence-electron chi connectivity index (χ0n) is 15.4. The second kappa shape index (κ2) is 7.46. The SMILES string of the molecule is O=C(C1=NN(C2CCS(=O)(=O)C2)C(=O)CC1)N1CCN(c2ncccn2)CC1. The topological polar surface area (TPSA) is 116 Å². The first kappa shape index (κ1) is 18.8. The fraction of sp³-hybridized carbons (Fsp3) is 0.588. The molecule has 2 amide bonds. The highest BCUT2D eigenvalue weighted by Gasteiger charge is 2.38. The van der Waals surface area contributed by atoms with Crippen LogP contribution < -0.4 is 4.90 Å². The summed E-state index contributed by atoms with van der Waals surface area (Å²) in [6, 6.07) is 1.29. The third-order valence-electron chi connectivity index (χ3n) is 5.26. The number of hydrogen-bond donors (Lipinski definition) is 0. The van der Waals surface area contributed by atoms with E-state index in [0.29, 0.717) is 44.3 Å². The fourth-order valence-corrected chi connectivity index (χ4v) is 5.42. The lowest BCUT2D eigenvalue weighted by Crippen LogP contribution is -2.52. The van der Waals surface area contributed by atoms with Crippen LogP contribution in [0.1, 0.15) is 19.3 Å². The predicted molar refractivity (Wildman–Crippen MR) is 101 cm³/mol. The van der Waals surface area contributed by atoms with E-state index < -0.39 is 15.9 Å². The summed E-state index contributed by atoms with van der Waals surface area (Å²) in [4.78, 5) is 37.3. The van der Waals surface area contributed by atoms with Gasteiger partial charge in [0.25, 0.3) is 5.91 Å². The van der Waals surface area contributed by atoms with E-state index in [1.54, 1.807) is 23.4 Å². The fourth-order valence-electron chi connectivity index (χ4n) is 3.73. The van der Waals surface area contributed by atoms with E-state index in [2.05, 4.69) is 15.1 Å². The van der Waals surface area contributed by atoms with Gasteiger partial charge in [-0.1, -0.05) is 0 Å². The van der Waals surface area contributed by atoms with E-state index in [9.17, 15) is 18.0 Å². The van der Waals surface area contributed by atoms with Crippen LogP contribution in [-0.2, 0) is 19.4 Å². The number of aromatic nitrogens is 2. The van der Waals surface area contributed by atoms with Crippen LogP contribution in [0.3, 0.4) is 0 Å². The van der Waals surface area contributed by atoms with Gasteiger partial charge in [-0.3, -0.25) is 9.59 Å². The quantitative estimate of drug-likeness (QED) is 0.651. The maximum absolute atomic E-state index is 12.9. The van der Waals surface area contributed by atoms with Gasteiger partial charge in [-0.05, 0) is 12.5 Å². The van der Waals surface area contributed by atoms with Crippen molar-refractivity contribution >= 4 is 33.3 Å².